The Morgan fingerprint density at radius 1 is 1.17 bits per heavy atom. The number of fused-ring (bicyclic) bond motifs is 1. The summed E-state index contributed by atoms with van der Waals surface area (Å²) in [5.41, 5.74) is 8.64. The first-order chi connectivity index (χ1) is 13.6. The van der Waals surface area contributed by atoms with Crippen molar-refractivity contribution in [1.29, 1.82) is 0 Å². The van der Waals surface area contributed by atoms with Gasteiger partial charge in [0, 0.05) is 23.4 Å². The molecule has 0 atom stereocenters. The van der Waals surface area contributed by atoms with E-state index in [0.717, 1.165) is 17.7 Å². The fraction of sp³-hybridized carbons (Fsp3) is 0.304. The largest absolute Gasteiger partial charge is 0.363 e. The third kappa shape index (κ3) is 4.34. The number of hydrogen-bond acceptors (Lipinski definition) is 3. The van der Waals surface area contributed by atoms with Crippen molar-refractivity contribution in [2.24, 2.45) is 5.10 Å². The van der Waals surface area contributed by atoms with E-state index in [1.54, 1.807) is 18.3 Å². The number of hydrazone groups is 1. The smallest absolute Gasteiger partial charge is 0.271 e. The van der Waals surface area contributed by atoms with Gasteiger partial charge in [-0.15, -0.1) is 0 Å². The van der Waals surface area contributed by atoms with E-state index in [4.69, 9.17) is 23.2 Å². The molecule has 1 N–H and O–H groups in total. The molecule has 0 saturated heterocycles. The second-order valence-corrected chi connectivity index (χ2v) is 8.59. The highest BCUT2D eigenvalue weighted by molar-refractivity contribution is 6.42. The van der Waals surface area contributed by atoms with Gasteiger partial charge in [0.15, 0.2) is 0 Å². The third-order valence-electron chi connectivity index (χ3n) is 5.23. The first-order valence-electron chi connectivity index (χ1n) is 9.54. The minimum absolute atomic E-state index is 0.0261. The number of carbonyl (C=O) groups excluding carboxylic acids is 1. The summed E-state index contributed by atoms with van der Waals surface area (Å²) in [4.78, 5) is 14.7. The summed E-state index contributed by atoms with van der Waals surface area (Å²) in [5.74, 6) is -0.342. The highest BCUT2D eigenvalue weighted by Crippen LogP contribution is 2.39. The lowest BCUT2D eigenvalue weighted by Crippen LogP contribution is -2.45. The van der Waals surface area contributed by atoms with Crippen LogP contribution in [0.1, 0.15) is 54.7 Å². The Labute approximate surface area is 182 Å². The van der Waals surface area contributed by atoms with Crippen LogP contribution in [0.25, 0.3) is 5.57 Å². The number of aryl methyl sites for hydroxylation is 1. The van der Waals surface area contributed by atoms with Crippen molar-refractivity contribution in [3.8, 4) is 0 Å². The Kier molecular flexibility index (Phi) is 6.06. The second kappa shape index (κ2) is 8.21. The van der Waals surface area contributed by atoms with Crippen molar-refractivity contribution < 1.29 is 4.79 Å². The molecular weight excluding hydrogens is 405 g/mol. The van der Waals surface area contributed by atoms with Gasteiger partial charge in [-0.3, -0.25) is 4.79 Å². The Bertz CT molecular complexity index is 1030. The average Bonchev–Trinajstić information content (AvgIpc) is 2.64. The summed E-state index contributed by atoms with van der Waals surface area (Å²) in [6.45, 7) is 11.7. The molecule has 0 aromatic heterocycles. The van der Waals surface area contributed by atoms with Gasteiger partial charge in [0.1, 0.15) is 0 Å². The molecule has 0 fully saturated rings. The van der Waals surface area contributed by atoms with Crippen molar-refractivity contribution in [3.05, 3.63) is 68.7 Å². The van der Waals surface area contributed by atoms with Crippen LogP contribution < -0.4 is 10.3 Å². The number of likely N-dealkylation sites (N-methyl/N-ethyl adjacent to an activating group) is 1. The van der Waals surface area contributed by atoms with E-state index < -0.39 is 0 Å². The summed E-state index contributed by atoms with van der Waals surface area (Å²) in [6, 6.07) is 9.04. The Balaban J connectivity index is 1.84. The fourth-order valence-electron chi connectivity index (χ4n) is 3.82. The lowest BCUT2D eigenvalue weighted by Gasteiger charge is -2.43. The maximum atomic E-state index is 12.3. The van der Waals surface area contributed by atoms with E-state index >= 15 is 0 Å². The van der Waals surface area contributed by atoms with Gasteiger partial charge in [-0.2, -0.15) is 5.10 Å². The monoisotopic (exact) mass is 429 g/mol. The van der Waals surface area contributed by atoms with Crippen molar-refractivity contribution in [2.45, 2.75) is 40.2 Å². The quantitative estimate of drug-likeness (QED) is 0.472. The molecule has 2 aromatic carbocycles. The number of benzene rings is 2. The number of halogens is 2. The van der Waals surface area contributed by atoms with Crippen LogP contribution in [0.5, 0.6) is 0 Å². The number of rotatable bonds is 4. The molecule has 0 bridgehead atoms. The molecule has 4 nitrogen and oxygen atoms in total. The number of allylic oxidation sites excluding steroid dienone is 1. The van der Waals surface area contributed by atoms with E-state index in [2.05, 4.69) is 68.3 Å². The van der Waals surface area contributed by atoms with Gasteiger partial charge in [0.25, 0.3) is 5.91 Å². The Morgan fingerprint density at radius 2 is 1.90 bits per heavy atom. The van der Waals surface area contributed by atoms with Gasteiger partial charge >= 0.3 is 0 Å². The van der Waals surface area contributed by atoms with Crippen LogP contribution >= 0.6 is 23.2 Å². The zero-order chi connectivity index (χ0) is 21.3. The van der Waals surface area contributed by atoms with Crippen LogP contribution in [0, 0.1) is 6.92 Å². The molecule has 1 aliphatic heterocycles. The van der Waals surface area contributed by atoms with Crippen LogP contribution in [-0.2, 0) is 0 Å². The Morgan fingerprint density at radius 3 is 2.55 bits per heavy atom. The van der Waals surface area contributed by atoms with Crippen LogP contribution in [0.3, 0.4) is 0 Å². The standard InChI is InChI=1S/C23H25Cl2N3O/c1-6-28-21-9-14(2)17(10-18(21)15(3)12-23(28,4)5)13-26-27-22(29)16-7-8-19(24)20(25)11-16/h7-13H,6H2,1-5H3,(H,27,29)/b26-13+. The van der Waals surface area contributed by atoms with E-state index in [1.807, 2.05) is 0 Å². The summed E-state index contributed by atoms with van der Waals surface area (Å²) >= 11 is 11.9. The van der Waals surface area contributed by atoms with Gasteiger partial charge < -0.3 is 4.90 Å². The molecule has 3 rings (SSSR count). The highest BCUT2D eigenvalue weighted by atomic mass is 35.5. The van der Waals surface area contributed by atoms with Gasteiger partial charge in [-0.25, -0.2) is 5.43 Å². The fourth-order valence-corrected chi connectivity index (χ4v) is 4.12. The molecule has 0 saturated carbocycles. The van der Waals surface area contributed by atoms with Crippen molar-refractivity contribution in [3.63, 3.8) is 0 Å². The molecule has 1 aliphatic rings. The molecule has 2 aromatic rings. The molecule has 0 radical (unpaired) electrons. The zero-order valence-electron chi connectivity index (χ0n) is 17.3. The number of carbonyl (C=O) groups is 1. The highest BCUT2D eigenvalue weighted by Gasteiger charge is 2.30. The van der Waals surface area contributed by atoms with Gasteiger partial charge in [-0.1, -0.05) is 29.3 Å². The molecule has 0 unspecified atom stereocenters. The van der Waals surface area contributed by atoms with Gasteiger partial charge in [0.2, 0.25) is 0 Å². The number of nitrogens with zero attached hydrogens (tertiary/aromatic N) is 2. The van der Waals surface area contributed by atoms with Crippen molar-refractivity contribution in [2.75, 3.05) is 11.4 Å². The summed E-state index contributed by atoms with van der Waals surface area (Å²) < 4.78 is 0. The molecule has 1 heterocycles. The first-order valence-corrected chi connectivity index (χ1v) is 10.3. The molecule has 1 amide bonds. The topological polar surface area (TPSA) is 44.7 Å². The normalized spacial score (nSPS) is 15.3. The van der Waals surface area contributed by atoms with Crippen LogP contribution in [0.15, 0.2) is 41.5 Å². The molecule has 29 heavy (non-hydrogen) atoms. The van der Waals surface area contributed by atoms with Gasteiger partial charge in [0.05, 0.1) is 21.8 Å². The van der Waals surface area contributed by atoms with Crippen molar-refractivity contribution in [1.82, 2.24) is 5.43 Å². The molecule has 0 spiro atoms. The number of anilines is 1. The number of hydrogen-bond donors (Lipinski definition) is 1. The maximum absolute atomic E-state index is 12.3. The second-order valence-electron chi connectivity index (χ2n) is 7.78. The molecule has 6 heteroatoms. The van der Waals surface area contributed by atoms with E-state index in [9.17, 15) is 4.79 Å². The predicted octanol–water partition coefficient (Wildman–Crippen LogP) is 6.09. The molecule has 0 aliphatic carbocycles. The minimum atomic E-state index is -0.342. The lowest BCUT2D eigenvalue weighted by atomic mass is 9.87. The minimum Gasteiger partial charge on any atom is -0.363 e. The van der Waals surface area contributed by atoms with Crippen LogP contribution in [0.4, 0.5) is 5.69 Å². The Hall–Kier alpha value is -2.30. The van der Waals surface area contributed by atoms with Crippen LogP contribution in [-0.4, -0.2) is 24.2 Å². The lowest BCUT2D eigenvalue weighted by molar-refractivity contribution is 0.0955. The molecule has 152 valence electrons. The average molecular weight is 430 g/mol. The van der Waals surface area contributed by atoms with E-state index in [1.165, 1.54) is 22.9 Å². The summed E-state index contributed by atoms with van der Waals surface area (Å²) in [7, 11) is 0. The first kappa shape index (κ1) is 21.4. The van der Waals surface area contributed by atoms with Crippen LogP contribution in [0.2, 0.25) is 10.0 Å². The zero-order valence-corrected chi connectivity index (χ0v) is 18.8. The SMILES string of the molecule is CCN1c2cc(C)c(/C=N/NC(=O)c3ccc(Cl)c(Cl)c3)cc2C(C)=CC1(C)C. The van der Waals surface area contributed by atoms with Crippen molar-refractivity contribution >= 4 is 46.6 Å². The van der Waals surface area contributed by atoms with E-state index in [0.29, 0.717) is 15.6 Å². The van der Waals surface area contributed by atoms with Gasteiger partial charge in [-0.05, 0) is 81.7 Å². The number of nitrogens with one attached hydrogen (secondary N) is 1. The predicted molar refractivity (Wildman–Crippen MR) is 123 cm³/mol. The third-order valence-corrected chi connectivity index (χ3v) is 5.97. The number of amides is 1. The summed E-state index contributed by atoms with van der Waals surface area (Å²) in [6.07, 6.45) is 3.97. The maximum Gasteiger partial charge on any atom is 0.271 e. The molecular formula is C23H25Cl2N3O. The summed E-state index contributed by atoms with van der Waals surface area (Å²) in [5, 5.41) is 4.88. The van der Waals surface area contributed by atoms with E-state index in [-0.39, 0.29) is 11.4 Å².